The third-order valence-corrected chi connectivity index (χ3v) is 5.90. The normalized spacial score (nSPS) is 28.0. The zero-order valence-corrected chi connectivity index (χ0v) is 12.9. The van der Waals surface area contributed by atoms with Crippen LogP contribution in [-0.2, 0) is 6.42 Å². The second-order valence-corrected chi connectivity index (χ2v) is 7.24. The highest BCUT2D eigenvalue weighted by atomic mass is 16.3. The number of para-hydroxylation sites is 1. The highest BCUT2D eigenvalue weighted by Gasteiger charge is 2.46. The molecule has 0 aromatic heterocycles. The fourth-order valence-corrected chi connectivity index (χ4v) is 3.84. The van der Waals surface area contributed by atoms with Gasteiger partial charge >= 0.3 is 0 Å². The van der Waals surface area contributed by atoms with Crippen LogP contribution in [0, 0.1) is 16.7 Å². The minimum atomic E-state index is 0.369. The van der Waals surface area contributed by atoms with Crippen molar-refractivity contribution in [1.82, 2.24) is 0 Å². The lowest BCUT2D eigenvalue weighted by Crippen LogP contribution is -2.43. The summed E-state index contributed by atoms with van der Waals surface area (Å²) in [5, 5.41) is 9.97. The molecule has 0 aliphatic heterocycles. The molecule has 0 radical (unpaired) electrons. The third-order valence-electron chi connectivity index (χ3n) is 5.90. The lowest BCUT2D eigenvalue weighted by atomic mass is 9.53. The van der Waals surface area contributed by atoms with Gasteiger partial charge in [-0.1, -0.05) is 58.7 Å². The molecule has 2 atom stereocenters. The Morgan fingerprint density at radius 1 is 1.11 bits per heavy atom. The van der Waals surface area contributed by atoms with E-state index in [4.69, 9.17) is 0 Å². The lowest BCUT2D eigenvalue weighted by Gasteiger charge is -2.52. The van der Waals surface area contributed by atoms with Gasteiger partial charge in [-0.05, 0) is 47.6 Å². The molecule has 0 bridgehead atoms. The molecule has 1 aliphatic carbocycles. The van der Waals surface area contributed by atoms with E-state index < -0.39 is 0 Å². The summed E-state index contributed by atoms with van der Waals surface area (Å²) in [5.41, 5.74) is 1.86. The van der Waals surface area contributed by atoms with Gasteiger partial charge < -0.3 is 5.11 Å². The number of phenolic OH excluding ortho intramolecular Hbond substituents is 1. The summed E-state index contributed by atoms with van der Waals surface area (Å²) in [6.07, 6.45) is 6.34. The molecule has 0 amide bonds. The van der Waals surface area contributed by atoms with Crippen LogP contribution in [0.15, 0.2) is 24.3 Å². The van der Waals surface area contributed by atoms with Crippen LogP contribution >= 0.6 is 0 Å². The van der Waals surface area contributed by atoms with Crippen molar-refractivity contribution in [2.45, 2.75) is 59.8 Å². The Bertz CT molecular complexity index is 435. The van der Waals surface area contributed by atoms with E-state index >= 15 is 0 Å². The van der Waals surface area contributed by atoms with E-state index in [2.05, 4.69) is 33.8 Å². The van der Waals surface area contributed by atoms with Crippen molar-refractivity contribution >= 4 is 0 Å². The Hall–Kier alpha value is -0.980. The number of rotatable bonds is 3. The van der Waals surface area contributed by atoms with Gasteiger partial charge in [0.25, 0.3) is 0 Å². The molecule has 1 heteroatoms. The predicted octanol–water partition coefficient (Wildman–Crippen LogP) is 5.18. The number of hydrogen-bond donors (Lipinski definition) is 1. The summed E-state index contributed by atoms with van der Waals surface area (Å²) >= 11 is 0. The third kappa shape index (κ3) is 2.66. The fourth-order valence-electron chi connectivity index (χ4n) is 3.84. The first-order valence-electron chi connectivity index (χ1n) is 7.64. The second kappa shape index (κ2) is 5.19. The number of phenols is 1. The van der Waals surface area contributed by atoms with E-state index in [1.165, 1.54) is 25.7 Å². The second-order valence-electron chi connectivity index (χ2n) is 7.24. The van der Waals surface area contributed by atoms with Crippen molar-refractivity contribution < 1.29 is 5.11 Å². The Labute approximate surface area is 118 Å². The molecule has 0 saturated heterocycles. The van der Waals surface area contributed by atoms with Crippen LogP contribution in [0.2, 0.25) is 0 Å². The van der Waals surface area contributed by atoms with Gasteiger partial charge in [0.05, 0.1) is 0 Å². The Balaban J connectivity index is 2.19. The van der Waals surface area contributed by atoms with Gasteiger partial charge in [0.1, 0.15) is 5.75 Å². The summed E-state index contributed by atoms with van der Waals surface area (Å²) in [6.45, 7) is 9.66. The summed E-state index contributed by atoms with van der Waals surface area (Å²) in [6, 6.07) is 7.79. The largest absolute Gasteiger partial charge is 0.508 e. The number of hydrogen-bond acceptors (Lipinski definition) is 1. The number of benzene rings is 1. The first-order chi connectivity index (χ1) is 8.87. The Kier molecular flexibility index (Phi) is 3.94. The Morgan fingerprint density at radius 2 is 1.74 bits per heavy atom. The molecule has 1 saturated carbocycles. The molecule has 1 nitrogen and oxygen atoms in total. The molecule has 2 rings (SSSR count). The highest BCUT2D eigenvalue weighted by molar-refractivity contribution is 5.32. The van der Waals surface area contributed by atoms with Gasteiger partial charge in [-0.3, -0.25) is 0 Å². The van der Waals surface area contributed by atoms with Crippen LogP contribution in [0.4, 0.5) is 0 Å². The average Bonchev–Trinajstić information content (AvgIpc) is 2.35. The van der Waals surface area contributed by atoms with E-state index in [-0.39, 0.29) is 0 Å². The summed E-state index contributed by atoms with van der Waals surface area (Å²) in [7, 11) is 0. The van der Waals surface area contributed by atoms with Crippen LogP contribution in [0.3, 0.4) is 0 Å². The minimum Gasteiger partial charge on any atom is -0.508 e. The monoisotopic (exact) mass is 260 g/mol. The smallest absolute Gasteiger partial charge is 0.118 e. The zero-order chi connectivity index (χ0) is 14.1. The molecule has 1 aliphatic rings. The van der Waals surface area contributed by atoms with Crippen molar-refractivity contribution in [1.29, 1.82) is 0 Å². The van der Waals surface area contributed by atoms with Crippen molar-refractivity contribution in [3.8, 4) is 5.75 Å². The maximum atomic E-state index is 9.97. The van der Waals surface area contributed by atoms with E-state index in [0.29, 0.717) is 22.5 Å². The first-order valence-corrected chi connectivity index (χ1v) is 7.64. The minimum absolute atomic E-state index is 0.369. The van der Waals surface area contributed by atoms with Gasteiger partial charge in [0.15, 0.2) is 0 Å². The van der Waals surface area contributed by atoms with Crippen LogP contribution in [-0.4, -0.2) is 5.11 Å². The summed E-state index contributed by atoms with van der Waals surface area (Å²) < 4.78 is 0. The van der Waals surface area contributed by atoms with E-state index in [0.717, 1.165) is 12.0 Å². The fraction of sp³-hybridized carbons (Fsp3) is 0.667. The molecule has 0 heterocycles. The van der Waals surface area contributed by atoms with Crippen LogP contribution in [0.5, 0.6) is 5.75 Å². The molecule has 106 valence electrons. The summed E-state index contributed by atoms with van der Waals surface area (Å²) in [4.78, 5) is 0. The standard InChI is InChI=1S/C18H28O/c1-14(13-15-9-5-6-10-16(15)19)18(4)12-8-7-11-17(18,2)3/h5-6,9-10,14,19H,7-8,11-13H2,1-4H3. The molecule has 2 unspecified atom stereocenters. The molecule has 1 N–H and O–H groups in total. The highest BCUT2D eigenvalue weighted by Crippen LogP contribution is 2.55. The molecule has 19 heavy (non-hydrogen) atoms. The van der Waals surface area contributed by atoms with Crippen molar-refractivity contribution in [2.75, 3.05) is 0 Å². The molecule has 1 aromatic rings. The van der Waals surface area contributed by atoms with Crippen molar-refractivity contribution in [3.63, 3.8) is 0 Å². The van der Waals surface area contributed by atoms with E-state index in [1.54, 1.807) is 6.07 Å². The van der Waals surface area contributed by atoms with Crippen LogP contribution in [0.25, 0.3) is 0 Å². The topological polar surface area (TPSA) is 20.2 Å². The quantitative estimate of drug-likeness (QED) is 0.794. The number of aromatic hydroxyl groups is 1. The van der Waals surface area contributed by atoms with Crippen molar-refractivity contribution in [3.05, 3.63) is 29.8 Å². The zero-order valence-electron chi connectivity index (χ0n) is 12.9. The van der Waals surface area contributed by atoms with Crippen molar-refractivity contribution in [2.24, 2.45) is 16.7 Å². The van der Waals surface area contributed by atoms with Gasteiger partial charge in [0, 0.05) is 0 Å². The SMILES string of the molecule is CC(Cc1ccccc1O)C1(C)CCCCC1(C)C. The predicted molar refractivity (Wildman–Crippen MR) is 81.3 cm³/mol. The first kappa shape index (κ1) is 14.4. The van der Waals surface area contributed by atoms with Gasteiger partial charge in [-0.2, -0.15) is 0 Å². The van der Waals surface area contributed by atoms with Crippen LogP contribution in [0.1, 0.15) is 58.9 Å². The Morgan fingerprint density at radius 3 is 2.37 bits per heavy atom. The molecule has 1 fully saturated rings. The van der Waals surface area contributed by atoms with E-state index in [1.807, 2.05) is 12.1 Å². The maximum absolute atomic E-state index is 9.97. The van der Waals surface area contributed by atoms with Gasteiger partial charge in [0.2, 0.25) is 0 Å². The summed E-state index contributed by atoms with van der Waals surface area (Å²) in [5.74, 6) is 1.04. The van der Waals surface area contributed by atoms with Gasteiger partial charge in [-0.15, -0.1) is 0 Å². The van der Waals surface area contributed by atoms with E-state index in [9.17, 15) is 5.11 Å². The lowest BCUT2D eigenvalue weighted by molar-refractivity contribution is -0.0167. The molecule has 0 spiro atoms. The average molecular weight is 260 g/mol. The molecular formula is C18H28O. The van der Waals surface area contributed by atoms with Crippen LogP contribution < -0.4 is 0 Å². The maximum Gasteiger partial charge on any atom is 0.118 e. The molecular weight excluding hydrogens is 232 g/mol. The van der Waals surface area contributed by atoms with Gasteiger partial charge in [-0.25, -0.2) is 0 Å². The molecule has 1 aromatic carbocycles.